The summed E-state index contributed by atoms with van der Waals surface area (Å²) in [7, 11) is 0. The van der Waals surface area contributed by atoms with E-state index in [-0.39, 0.29) is 17.4 Å². The summed E-state index contributed by atoms with van der Waals surface area (Å²) >= 11 is 5.77. The Labute approximate surface area is 105 Å². The zero-order valence-corrected chi connectivity index (χ0v) is 10.3. The molecule has 1 saturated heterocycles. The van der Waals surface area contributed by atoms with Crippen LogP contribution >= 0.6 is 11.6 Å². The maximum absolute atomic E-state index is 13.0. The predicted octanol–water partition coefficient (Wildman–Crippen LogP) is 1.59. The first-order valence-corrected chi connectivity index (χ1v) is 6.11. The zero-order chi connectivity index (χ0) is 12.3. The Morgan fingerprint density at radius 3 is 2.53 bits per heavy atom. The van der Waals surface area contributed by atoms with Gasteiger partial charge in [-0.3, -0.25) is 4.90 Å². The molecule has 17 heavy (non-hydrogen) atoms. The average molecular weight is 259 g/mol. The molecule has 0 radical (unpaired) electrons. The van der Waals surface area contributed by atoms with Gasteiger partial charge in [0.1, 0.15) is 5.82 Å². The molecule has 3 nitrogen and oxygen atoms in total. The van der Waals surface area contributed by atoms with Crippen LogP contribution < -0.4 is 4.90 Å². The molecular formula is C12H16ClFN2O. The van der Waals surface area contributed by atoms with Crippen molar-refractivity contribution in [3.63, 3.8) is 0 Å². The minimum absolute atomic E-state index is 0.167. The lowest BCUT2D eigenvalue weighted by Gasteiger charge is -2.35. The second-order valence-corrected chi connectivity index (χ2v) is 4.56. The number of nitrogens with zero attached hydrogens (tertiary/aromatic N) is 2. The van der Waals surface area contributed by atoms with Crippen LogP contribution in [0.5, 0.6) is 0 Å². The summed E-state index contributed by atoms with van der Waals surface area (Å²) < 4.78 is 13.0. The predicted molar refractivity (Wildman–Crippen MR) is 67.1 cm³/mol. The second-order valence-electron chi connectivity index (χ2n) is 4.15. The van der Waals surface area contributed by atoms with Crippen LogP contribution in [0.3, 0.4) is 0 Å². The fourth-order valence-electron chi connectivity index (χ4n) is 2.05. The van der Waals surface area contributed by atoms with Crippen molar-refractivity contribution >= 4 is 17.3 Å². The number of piperazine rings is 1. The standard InChI is InChI=1S/C12H16ClFN2O/c13-11-9-10(1-2-12(11)14)16-5-3-15(4-6-16)7-8-17/h1-2,9,17H,3-8H2. The fraction of sp³-hybridized carbons (Fsp3) is 0.500. The molecule has 5 heteroatoms. The van der Waals surface area contributed by atoms with Crippen molar-refractivity contribution in [2.75, 3.05) is 44.2 Å². The van der Waals surface area contributed by atoms with Gasteiger partial charge < -0.3 is 10.0 Å². The van der Waals surface area contributed by atoms with E-state index < -0.39 is 0 Å². The molecule has 0 spiro atoms. The van der Waals surface area contributed by atoms with E-state index >= 15 is 0 Å². The van der Waals surface area contributed by atoms with Gasteiger partial charge in [0.15, 0.2) is 0 Å². The van der Waals surface area contributed by atoms with Crippen molar-refractivity contribution in [2.45, 2.75) is 0 Å². The van der Waals surface area contributed by atoms with Crippen LogP contribution in [-0.2, 0) is 0 Å². The van der Waals surface area contributed by atoms with Crippen molar-refractivity contribution in [1.82, 2.24) is 4.90 Å². The van der Waals surface area contributed by atoms with Gasteiger partial charge in [-0.25, -0.2) is 4.39 Å². The second kappa shape index (κ2) is 5.67. The van der Waals surface area contributed by atoms with Gasteiger partial charge in [0.05, 0.1) is 11.6 Å². The van der Waals surface area contributed by atoms with Gasteiger partial charge in [-0.15, -0.1) is 0 Å². The topological polar surface area (TPSA) is 26.7 Å². The Hall–Kier alpha value is -0.840. The molecule has 0 saturated carbocycles. The van der Waals surface area contributed by atoms with E-state index in [2.05, 4.69) is 9.80 Å². The third-order valence-electron chi connectivity index (χ3n) is 3.06. The highest BCUT2D eigenvalue weighted by molar-refractivity contribution is 6.31. The number of hydrogen-bond donors (Lipinski definition) is 1. The van der Waals surface area contributed by atoms with Gasteiger partial charge in [0.25, 0.3) is 0 Å². The Kier molecular flexibility index (Phi) is 4.20. The highest BCUT2D eigenvalue weighted by atomic mass is 35.5. The molecular weight excluding hydrogens is 243 g/mol. The summed E-state index contributed by atoms with van der Waals surface area (Å²) in [5.41, 5.74) is 0.958. The Morgan fingerprint density at radius 2 is 1.94 bits per heavy atom. The van der Waals surface area contributed by atoms with Crippen LogP contribution in [0, 0.1) is 5.82 Å². The first-order chi connectivity index (χ1) is 8.20. The zero-order valence-electron chi connectivity index (χ0n) is 9.57. The molecule has 0 unspecified atom stereocenters. The van der Waals surface area contributed by atoms with Crippen LogP contribution in [0.15, 0.2) is 18.2 Å². The summed E-state index contributed by atoms with van der Waals surface area (Å²) in [6.07, 6.45) is 0. The largest absolute Gasteiger partial charge is 0.395 e. The molecule has 1 aliphatic rings. The van der Waals surface area contributed by atoms with E-state index in [0.717, 1.165) is 38.4 Å². The smallest absolute Gasteiger partial charge is 0.141 e. The molecule has 94 valence electrons. The molecule has 1 fully saturated rings. The molecule has 1 aromatic rings. The third-order valence-corrected chi connectivity index (χ3v) is 3.35. The van der Waals surface area contributed by atoms with E-state index in [4.69, 9.17) is 16.7 Å². The van der Waals surface area contributed by atoms with E-state index in [0.29, 0.717) is 0 Å². The number of anilines is 1. The Morgan fingerprint density at radius 1 is 1.24 bits per heavy atom. The highest BCUT2D eigenvalue weighted by Crippen LogP contribution is 2.23. The quantitative estimate of drug-likeness (QED) is 0.892. The Balaban J connectivity index is 1.98. The maximum Gasteiger partial charge on any atom is 0.141 e. The van der Waals surface area contributed by atoms with Crippen molar-refractivity contribution in [3.8, 4) is 0 Å². The lowest BCUT2D eigenvalue weighted by molar-refractivity contribution is 0.189. The molecule has 0 aliphatic carbocycles. The highest BCUT2D eigenvalue weighted by Gasteiger charge is 2.17. The third kappa shape index (κ3) is 3.09. The molecule has 1 aromatic carbocycles. The number of hydrogen-bond acceptors (Lipinski definition) is 3. The van der Waals surface area contributed by atoms with E-state index in [1.165, 1.54) is 6.07 Å². The summed E-state index contributed by atoms with van der Waals surface area (Å²) in [5, 5.41) is 9.02. The minimum atomic E-state index is -0.380. The number of benzene rings is 1. The van der Waals surface area contributed by atoms with E-state index in [1.807, 2.05) is 0 Å². The number of aliphatic hydroxyl groups is 1. The molecule has 1 N–H and O–H groups in total. The number of β-amino-alcohol motifs (C(OH)–C–C–N with tert-alkyl or cyclic N) is 1. The normalized spacial score (nSPS) is 17.5. The van der Waals surface area contributed by atoms with Crippen molar-refractivity contribution < 1.29 is 9.50 Å². The van der Waals surface area contributed by atoms with Crippen molar-refractivity contribution in [3.05, 3.63) is 29.0 Å². The SMILES string of the molecule is OCCN1CCN(c2ccc(F)c(Cl)c2)CC1. The van der Waals surface area contributed by atoms with Gasteiger partial charge in [0.2, 0.25) is 0 Å². The van der Waals surface area contributed by atoms with Crippen LogP contribution in [-0.4, -0.2) is 49.3 Å². The maximum atomic E-state index is 13.0. The lowest BCUT2D eigenvalue weighted by atomic mass is 10.2. The van der Waals surface area contributed by atoms with Crippen molar-refractivity contribution in [1.29, 1.82) is 0 Å². The summed E-state index contributed by atoms with van der Waals surface area (Å²) in [5.74, 6) is -0.380. The van der Waals surface area contributed by atoms with Crippen molar-refractivity contribution in [2.24, 2.45) is 0 Å². The first-order valence-electron chi connectivity index (χ1n) is 5.74. The monoisotopic (exact) mass is 258 g/mol. The number of rotatable bonds is 3. The van der Waals surface area contributed by atoms with Gasteiger partial charge in [-0.1, -0.05) is 11.6 Å². The average Bonchev–Trinajstić information content (AvgIpc) is 2.34. The van der Waals surface area contributed by atoms with Crippen LogP contribution in [0.2, 0.25) is 5.02 Å². The van der Waals surface area contributed by atoms with E-state index in [9.17, 15) is 4.39 Å². The number of halogens is 2. The summed E-state index contributed by atoms with van der Waals surface area (Å²) in [4.78, 5) is 4.39. The first kappa shape index (κ1) is 12.6. The molecule has 0 aromatic heterocycles. The Bertz CT molecular complexity index is 381. The van der Waals surface area contributed by atoms with Gasteiger partial charge in [0, 0.05) is 38.4 Å². The molecule has 0 atom stereocenters. The van der Waals surface area contributed by atoms with Gasteiger partial charge in [-0.2, -0.15) is 0 Å². The molecule has 2 rings (SSSR count). The number of aliphatic hydroxyl groups excluding tert-OH is 1. The fourth-order valence-corrected chi connectivity index (χ4v) is 2.23. The molecule has 1 heterocycles. The molecule has 1 aliphatic heterocycles. The molecule has 0 bridgehead atoms. The minimum Gasteiger partial charge on any atom is -0.395 e. The lowest BCUT2D eigenvalue weighted by Crippen LogP contribution is -2.47. The summed E-state index contributed by atoms with van der Waals surface area (Å²) in [6, 6.07) is 4.82. The summed E-state index contributed by atoms with van der Waals surface area (Å²) in [6.45, 7) is 4.50. The van der Waals surface area contributed by atoms with Gasteiger partial charge >= 0.3 is 0 Å². The molecule has 0 amide bonds. The van der Waals surface area contributed by atoms with Crippen LogP contribution in [0.4, 0.5) is 10.1 Å². The van der Waals surface area contributed by atoms with E-state index in [1.54, 1.807) is 12.1 Å². The van der Waals surface area contributed by atoms with Crippen LogP contribution in [0.25, 0.3) is 0 Å². The van der Waals surface area contributed by atoms with Crippen LogP contribution in [0.1, 0.15) is 0 Å². The van der Waals surface area contributed by atoms with Gasteiger partial charge in [-0.05, 0) is 18.2 Å².